The molecule has 1 heterocycles. The summed E-state index contributed by atoms with van der Waals surface area (Å²) in [5, 5.41) is 13.5. The van der Waals surface area contributed by atoms with Gasteiger partial charge in [0, 0.05) is 17.3 Å². The largest absolute Gasteiger partial charge is 0.507 e. The fourth-order valence-corrected chi connectivity index (χ4v) is 2.73. The van der Waals surface area contributed by atoms with Gasteiger partial charge in [-0.05, 0) is 52.2 Å². The van der Waals surface area contributed by atoms with Crippen molar-refractivity contribution < 1.29 is 9.84 Å². The average Bonchev–Trinajstić information content (AvgIpc) is 2.29. The number of phenols is 1. The van der Waals surface area contributed by atoms with Crippen LogP contribution in [0.4, 0.5) is 5.69 Å². The monoisotopic (exact) mass is 249 g/mol. The summed E-state index contributed by atoms with van der Waals surface area (Å²) in [4.78, 5) is 0. The maximum atomic E-state index is 9.96. The highest BCUT2D eigenvalue weighted by atomic mass is 16.5. The molecule has 1 saturated heterocycles. The maximum absolute atomic E-state index is 9.96. The molecule has 0 saturated carbocycles. The Morgan fingerprint density at radius 1 is 1.17 bits per heavy atom. The van der Waals surface area contributed by atoms with Crippen molar-refractivity contribution in [1.82, 2.24) is 0 Å². The Morgan fingerprint density at radius 3 is 2.39 bits per heavy atom. The molecule has 0 aromatic heterocycles. The first-order valence-electron chi connectivity index (χ1n) is 6.68. The average molecular weight is 249 g/mol. The summed E-state index contributed by atoms with van der Waals surface area (Å²) in [6, 6.07) is 4.43. The Kier molecular flexibility index (Phi) is 3.81. The van der Waals surface area contributed by atoms with Crippen LogP contribution in [-0.4, -0.2) is 23.4 Å². The van der Waals surface area contributed by atoms with Crippen LogP contribution in [0.2, 0.25) is 0 Å². The van der Waals surface area contributed by atoms with Gasteiger partial charge in [0.1, 0.15) is 5.75 Å². The van der Waals surface area contributed by atoms with Crippen molar-refractivity contribution in [3.05, 3.63) is 23.3 Å². The molecule has 1 fully saturated rings. The summed E-state index contributed by atoms with van der Waals surface area (Å²) in [5.41, 5.74) is 2.89. The van der Waals surface area contributed by atoms with Crippen LogP contribution in [0.3, 0.4) is 0 Å². The lowest BCUT2D eigenvalue weighted by Crippen LogP contribution is -2.37. The zero-order chi connectivity index (χ0) is 13.3. The molecule has 0 spiro atoms. The lowest BCUT2D eigenvalue weighted by atomic mass is 9.98. The van der Waals surface area contributed by atoms with E-state index in [1.54, 1.807) is 0 Å². The third-order valence-corrected chi connectivity index (χ3v) is 3.69. The number of ether oxygens (including phenoxy) is 1. The van der Waals surface area contributed by atoms with Crippen LogP contribution < -0.4 is 5.32 Å². The number of phenolic OH excluding ortho intramolecular Hbond substituents is 1. The van der Waals surface area contributed by atoms with Crippen LogP contribution in [0.5, 0.6) is 5.75 Å². The van der Waals surface area contributed by atoms with Crippen molar-refractivity contribution in [2.45, 2.75) is 58.8 Å². The zero-order valence-corrected chi connectivity index (χ0v) is 11.7. The van der Waals surface area contributed by atoms with E-state index < -0.39 is 0 Å². The van der Waals surface area contributed by atoms with E-state index in [1.165, 1.54) is 0 Å². The lowest BCUT2D eigenvalue weighted by molar-refractivity contribution is -0.0337. The molecule has 2 N–H and O–H groups in total. The first kappa shape index (κ1) is 13.2. The minimum Gasteiger partial charge on any atom is -0.507 e. The maximum Gasteiger partial charge on any atom is 0.123 e. The van der Waals surface area contributed by atoms with Crippen molar-refractivity contribution in [2.75, 3.05) is 5.32 Å². The van der Waals surface area contributed by atoms with Crippen LogP contribution in [0.1, 0.15) is 37.8 Å². The molecule has 2 rings (SSSR count). The number of anilines is 1. The molecule has 0 amide bonds. The van der Waals surface area contributed by atoms with E-state index in [0.29, 0.717) is 24.0 Å². The predicted octanol–water partition coefficient (Wildman–Crippen LogP) is 3.38. The fourth-order valence-electron chi connectivity index (χ4n) is 2.73. The summed E-state index contributed by atoms with van der Waals surface area (Å²) in [6.45, 7) is 8.11. The van der Waals surface area contributed by atoms with Crippen molar-refractivity contribution >= 4 is 5.69 Å². The van der Waals surface area contributed by atoms with Crippen LogP contribution in [0.25, 0.3) is 0 Å². The highest BCUT2D eigenvalue weighted by Crippen LogP contribution is 2.30. The molecular weight excluding hydrogens is 226 g/mol. The summed E-state index contributed by atoms with van der Waals surface area (Å²) in [7, 11) is 0. The third kappa shape index (κ3) is 2.78. The van der Waals surface area contributed by atoms with Gasteiger partial charge in [-0.2, -0.15) is 0 Å². The van der Waals surface area contributed by atoms with E-state index in [0.717, 1.165) is 29.7 Å². The van der Waals surface area contributed by atoms with Gasteiger partial charge in [0.15, 0.2) is 0 Å². The summed E-state index contributed by atoms with van der Waals surface area (Å²) in [5.74, 6) is 0.396. The van der Waals surface area contributed by atoms with Crippen molar-refractivity contribution in [2.24, 2.45) is 0 Å². The molecular formula is C15H23NO2. The first-order chi connectivity index (χ1) is 8.47. The molecule has 2 unspecified atom stereocenters. The summed E-state index contributed by atoms with van der Waals surface area (Å²) < 4.78 is 5.74. The number of hydrogen-bond acceptors (Lipinski definition) is 3. The Bertz CT molecular complexity index is 421. The number of hydrogen-bond donors (Lipinski definition) is 2. The molecule has 0 aliphatic carbocycles. The Balaban J connectivity index is 2.12. The molecule has 3 heteroatoms. The smallest absolute Gasteiger partial charge is 0.123 e. The lowest BCUT2D eigenvalue weighted by Gasteiger charge is -2.33. The quantitative estimate of drug-likeness (QED) is 0.844. The summed E-state index contributed by atoms with van der Waals surface area (Å²) >= 11 is 0. The van der Waals surface area contributed by atoms with Crippen molar-refractivity contribution in [1.29, 1.82) is 0 Å². The molecule has 1 aromatic carbocycles. The van der Waals surface area contributed by atoms with Gasteiger partial charge < -0.3 is 15.2 Å². The number of aryl methyl sites for hydroxylation is 1. The fraction of sp³-hybridized carbons (Fsp3) is 0.600. The van der Waals surface area contributed by atoms with Gasteiger partial charge in [0.05, 0.1) is 12.2 Å². The van der Waals surface area contributed by atoms with E-state index in [2.05, 4.69) is 25.2 Å². The molecule has 3 nitrogen and oxygen atoms in total. The molecule has 0 bridgehead atoms. The van der Waals surface area contributed by atoms with Gasteiger partial charge in [0.2, 0.25) is 0 Å². The van der Waals surface area contributed by atoms with E-state index in [-0.39, 0.29) is 0 Å². The second-order valence-electron chi connectivity index (χ2n) is 5.47. The normalized spacial score (nSPS) is 28.1. The minimum atomic E-state index is 0.297. The van der Waals surface area contributed by atoms with E-state index in [4.69, 9.17) is 4.74 Å². The first-order valence-corrected chi connectivity index (χ1v) is 6.68. The van der Waals surface area contributed by atoms with Gasteiger partial charge in [-0.15, -0.1) is 0 Å². The van der Waals surface area contributed by atoms with Crippen molar-refractivity contribution in [3.8, 4) is 5.75 Å². The SMILES string of the molecule is Cc1ccc(NC2CC(C)OC(C)C2)c(C)c1O. The van der Waals surface area contributed by atoms with E-state index >= 15 is 0 Å². The molecule has 1 aliphatic rings. The van der Waals surface area contributed by atoms with Crippen LogP contribution in [-0.2, 0) is 4.74 Å². The van der Waals surface area contributed by atoms with Gasteiger partial charge in [-0.25, -0.2) is 0 Å². The highest BCUT2D eigenvalue weighted by Gasteiger charge is 2.24. The van der Waals surface area contributed by atoms with Gasteiger partial charge in [-0.1, -0.05) is 6.07 Å². The molecule has 1 aliphatic heterocycles. The predicted molar refractivity (Wildman–Crippen MR) is 74.2 cm³/mol. The zero-order valence-electron chi connectivity index (χ0n) is 11.7. The standard InChI is InChI=1S/C15H23NO2/c1-9-5-6-14(12(4)15(9)17)16-13-7-10(2)18-11(3)8-13/h5-6,10-11,13,16-17H,7-8H2,1-4H3. The molecule has 18 heavy (non-hydrogen) atoms. The molecule has 2 atom stereocenters. The van der Waals surface area contributed by atoms with E-state index in [1.807, 2.05) is 19.9 Å². The van der Waals surface area contributed by atoms with E-state index in [9.17, 15) is 5.11 Å². The van der Waals surface area contributed by atoms with Gasteiger partial charge >= 0.3 is 0 Å². The van der Waals surface area contributed by atoms with Gasteiger partial charge in [0.25, 0.3) is 0 Å². The minimum absolute atomic E-state index is 0.297. The van der Waals surface area contributed by atoms with Gasteiger partial charge in [-0.3, -0.25) is 0 Å². The Hall–Kier alpha value is -1.22. The highest BCUT2D eigenvalue weighted by molar-refractivity contribution is 5.59. The topological polar surface area (TPSA) is 41.5 Å². The summed E-state index contributed by atoms with van der Waals surface area (Å²) in [6.07, 6.45) is 2.62. The number of aromatic hydroxyl groups is 1. The number of benzene rings is 1. The second kappa shape index (κ2) is 5.19. The van der Waals surface area contributed by atoms with Crippen LogP contribution >= 0.6 is 0 Å². The molecule has 1 aromatic rings. The Morgan fingerprint density at radius 2 is 1.78 bits per heavy atom. The Labute approximate surface area is 109 Å². The van der Waals surface area contributed by atoms with Crippen LogP contribution in [0.15, 0.2) is 12.1 Å². The van der Waals surface area contributed by atoms with Crippen molar-refractivity contribution in [3.63, 3.8) is 0 Å². The second-order valence-corrected chi connectivity index (χ2v) is 5.47. The molecule has 0 radical (unpaired) electrons. The third-order valence-electron chi connectivity index (χ3n) is 3.69. The molecule has 100 valence electrons. The number of nitrogens with one attached hydrogen (secondary N) is 1. The number of rotatable bonds is 2. The van der Waals surface area contributed by atoms with Crippen LogP contribution in [0, 0.1) is 13.8 Å².